The molecule has 0 spiro atoms. The Labute approximate surface area is 132 Å². The van der Waals surface area contributed by atoms with Gasteiger partial charge in [0, 0.05) is 11.8 Å². The Bertz CT molecular complexity index is 743. The summed E-state index contributed by atoms with van der Waals surface area (Å²) in [5.41, 5.74) is 0.689. The van der Waals surface area contributed by atoms with Gasteiger partial charge in [-0.2, -0.15) is 0 Å². The number of nitrogens with one attached hydrogen (secondary N) is 1. The molecule has 2 aromatic carbocycles. The van der Waals surface area contributed by atoms with E-state index in [-0.39, 0.29) is 29.3 Å². The third kappa shape index (κ3) is 4.37. The minimum Gasteiger partial charge on any atom is -0.454 e. The van der Waals surface area contributed by atoms with Gasteiger partial charge in [0.05, 0.1) is 10.5 Å². The van der Waals surface area contributed by atoms with Crippen LogP contribution in [-0.4, -0.2) is 23.3 Å². The molecule has 0 unspecified atom stereocenters. The fourth-order valence-corrected chi connectivity index (χ4v) is 1.84. The fourth-order valence-electron chi connectivity index (χ4n) is 1.84. The molecule has 0 atom stereocenters. The van der Waals surface area contributed by atoms with Gasteiger partial charge in [-0.3, -0.25) is 14.9 Å². The molecule has 0 amide bonds. The third-order valence-electron chi connectivity index (χ3n) is 2.89. The maximum absolute atomic E-state index is 11.8. The molecule has 2 rings (SSSR count). The van der Waals surface area contributed by atoms with E-state index < -0.39 is 10.9 Å². The van der Waals surface area contributed by atoms with Crippen molar-refractivity contribution >= 4 is 28.8 Å². The summed E-state index contributed by atoms with van der Waals surface area (Å²) >= 11 is 0. The lowest BCUT2D eigenvalue weighted by atomic mass is 10.1. The molecule has 0 aliphatic carbocycles. The highest BCUT2D eigenvalue weighted by atomic mass is 16.6. The lowest BCUT2D eigenvalue weighted by Crippen LogP contribution is -2.11. The number of ketones is 1. The molecule has 7 nitrogen and oxygen atoms in total. The van der Waals surface area contributed by atoms with Crippen LogP contribution in [0.4, 0.5) is 17.1 Å². The van der Waals surface area contributed by atoms with E-state index in [1.54, 1.807) is 24.3 Å². The Balaban J connectivity index is 2.26. The summed E-state index contributed by atoms with van der Waals surface area (Å²) in [4.78, 5) is 33.2. The molecule has 0 fully saturated rings. The number of hydrogen-bond acceptors (Lipinski definition) is 6. The first-order chi connectivity index (χ1) is 11.0. The summed E-state index contributed by atoms with van der Waals surface area (Å²) in [6.07, 6.45) is 0. The second-order valence-corrected chi connectivity index (χ2v) is 4.76. The summed E-state index contributed by atoms with van der Waals surface area (Å²) in [7, 11) is 0. The van der Waals surface area contributed by atoms with Crippen LogP contribution in [0.1, 0.15) is 17.3 Å². The highest BCUT2D eigenvalue weighted by molar-refractivity contribution is 5.93. The van der Waals surface area contributed by atoms with Gasteiger partial charge in [0.1, 0.15) is 12.3 Å². The van der Waals surface area contributed by atoms with Crippen LogP contribution in [0, 0.1) is 10.1 Å². The van der Waals surface area contributed by atoms with Gasteiger partial charge >= 0.3 is 5.97 Å². The van der Waals surface area contributed by atoms with Gasteiger partial charge in [-0.25, -0.2) is 4.79 Å². The Morgan fingerprint density at radius 3 is 2.48 bits per heavy atom. The number of para-hydroxylation sites is 1. The van der Waals surface area contributed by atoms with Gasteiger partial charge in [-0.1, -0.05) is 18.2 Å². The summed E-state index contributed by atoms with van der Waals surface area (Å²) < 4.78 is 4.75. The van der Waals surface area contributed by atoms with Crippen molar-refractivity contribution in [2.45, 2.75) is 6.92 Å². The average molecular weight is 314 g/mol. The molecule has 0 bridgehead atoms. The normalized spacial score (nSPS) is 9.96. The fraction of sp³-hybridized carbons (Fsp3) is 0.125. The number of carbonyl (C=O) groups excluding carboxylic acids is 2. The molecule has 0 heterocycles. The number of ether oxygens (including phenoxy) is 1. The predicted molar refractivity (Wildman–Crippen MR) is 83.8 cm³/mol. The zero-order valence-electron chi connectivity index (χ0n) is 12.3. The van der Waals surface area contributed by atoms with E-state index in [0.29, 0.717) is 5.69 Å². The number of nitrogens with zero attached hydrogens (tertiary/aromatic N) is 1. The summed E-state index contributed by atoms with van der Waals surface area (Å²) in [5.74, 6) is -1.09. The van der Waals surface area contributed by atoms with E-state index in [0.717, 1.165) is 6.07 Å². The third-order valence-corrected chi connectivity index (χ3v) is 2.89. The minimum atomic E-state index is -0.783. The summed E-state index contributed by atoms with van der Waals surface area (Å²) in [5, 5.41) is 14.1. The molecular weight excluding hydrogens is 300 g/mol. The van der Waals surface area contributed by atoms with Gasteiger partial charge in [0.15, 0.2) is 5.78 Å². The zero-order valence-corrected chi connectivity index (χ0v) is 12.3. The van der Waals surface area contributed by atoms with Crippen LogP contribution in [0.25, 0.3) is 0 Å². The minimum absolute atomic E-state index is 0.0107. The van der Waals surface area contributed by atoms with E-state index in [1.807, 2.05) is 6.07 Å². The van der Waals surface area contributed by atoms with Gasteiger partial charge < -0.3 is 10.1 Å². The quantitative estimate of drug-likeness (QED) is 0.500. The average Bonchev–Trinajstić information content (AvgIpc) is 2.53. The number of benzene rings is 2. The number of nitro groups is 1. The van der Waals surface area contributed by atoms with Crippen LogP contribution in [0.15, 0.2) is 48.5 Å². The summed E-state index contributed by atoms with van der Waals surface area (Å²) in [6.45, 7) is 0.916. The number of esters is 1. The standard InChI is InChI=1S/C16H14N2O5/c1-11(19)10-23-16(20)12-7-8-14(15(9-12)18(21)22)17-13-5-3-2-4-6-13/h2-9,17H,10H2,1H3. The van der Waals surface area contributed by atoms with Crippen LogP contribution in [0.5, 0.6) is 0 Å². The predicted octanol–water partition coefficient (Wildman–Crippen LogP) is 3.08. The second kappa shape index (κ2) is 7.17. The Morgan fingerprint density at radius 2 is 1.87 bits per heavy atom. The van der Waals surface area contributed by atoms with E-state index in [9.17, 15) is 19.7 Å². The van der Waals surface area contributed by atoms with Crippen molar-refractivity contribution in [3.63, 3.8) is 0 Å². The molecule has 0 aromatic heterocycles. The molecule has 0 aliphatic rings. The van der Waals surface area contributed by atoms with Crippen molar-refractivity contribution in [2.24, 2.45) is 0 Å². The number of nitro benzene ring substituents is 1. The Hall–Kier alpha value is -3.22. The number of carbonyl (C=O) groups is 2. The van der Waals surface area contributed by atoms with E-state index in [1.165, 1.54) is 19.1 Å². The van der Waals surface area contributed by atoms with E-state index >= 15 is 0 Å². The SMILES string of the molecule is CC(=O)COC(=O)c1ccc(Nc2ccccc2)c([N+](=O)[O-])c1. The molecular formula is C16H14N2O5. The van der Waals surface area contributed by atoms with Gasteiger partial charge in [-0.05, 0) is 31.2 Å². The zero-order chi connectivity index (χ0) is 16.8. The van der Waals surface area contributed by atoms with Crippen molar-refractivity contribution in [2.75, 3.05) is 11.9 Å². The van der Waals surface area contributed by atoms with E-state index in [2.05, 4.69) is 5.32 Å². The van der Waals surface area contributed by atoms with Gasteiger partial charge in [0.2, 0.25) is 0 Å². The van der Waals surface area contributed by atoms with Crippen LogP contribution in [0.2, 0.25) is 0 Å². The molecule has 0 saturated heterocycles. The number of rotatable bonds is 6. The van der Waals surface area contributed by atoms with Gasteiger partial charge in [0.25, 0.3) is 5.69 Å². The molecule has 23 heavy (non-hydrogen) atoms. The van der Waals surface area contributed by atoms with Crippen molar-refractivity contribution in [1.29, 1.82) is 0 Å². The molecule has 2 aromatic rings. The molecule has 0 radical (unpaired) electrons. The van der Waals surface area contributed by atoms with Crippen molar-refractivity contribution in [3.8, 4) is 0 Å². The first-order valence-corrected chi connectivity index (χ1v) is 6.74. The number of Topliss-reactive ketones (excluding diaryl/α,β-unsaturated/α-hetero) is 1. The van der Waals surface area contributed by atoms with Crippen molar-refractivity contribution < 1.29 is 19.2 Å². The van der Waals surface area contributed by atoms with Crippen LogP contribution in [-0.2, 0) is 9.53 Å². The molecule has 7 heteroatoms. The second-order valence-electron chi connectivity index (χ2n) is 4.76. The lowest BCUT2D eigenvalue weighted by molar-refractivity contribution is -0.383. The maximum atomic E-state index is 11.8. The summed E-state index contributed by atoms with van der Waals surface area (Å²) in [6, 6.07) is 12.9. The van der Waals surface area contributed by atoms with Crippen LogP contribution in [0.3, 0.4) is 0 Å². The highest BCUT2D eigenvalue weighted by Gasteiger charge is 2.18. The van der Waals surface area contributed by atoms with Crippen LogP contribution < -0.4 is 5.32 Å². The largest absolute Gasteiger partial charge is 0.454 e. The molecule has 118 valence electrons. The Morgan fingerprint density at radius 1 is 1.17 bits per heavy atom. The maximum Gasteiger partial charge on any atom is 0.338 e. The first kappa shape index (κ1) is 16.2. The van der Waals surface area contributed by atoms with Crippen molar-refractivity contribution in [1.82, 2.24) is 0 Å². The topological polar surface area (TPSA) is 98.5 Å². The molecule has 0 aliphatic heterocycles. The number of hydrogen-bond donors (Lipinski definition) is 1. The van der Waals surface area contributed by atoms with Crippen molar-refractivity contribution in [3.05, 3.63) is 64.2 Å². The van der Waals surface area contributed by atoms with Crippen LogP contribution >= 0.6 is 0 Å². The van der Waals surface area contributed by atoms with E-state index in [4.69, 9.17) is 4.74 Å². The van der Waals surface area contributed by atoms with Gasteiger partial charge in [-0.15, -0.1) is 0 Å². The first-order valence-electron chi connectivity index (χ1n) is 6.74. The molecule has 0 saturated carbocycles. The number of anilines is 2. The molecule has 1 N–H and O–H groups in total. The smallest absolute Gasteiger partial charge is 0.338 e. The Kier molecular flexibility index (Phi) is 5.03. The monoisotopic (exact) mass is 314 g/mol. The highest BCUT2D eigenvalue weighted by Crippen LogP contribution is 2.28. The lowest BCUT2D eigenvalue weighted by Gasteiger charge is -2.08.